The molecule has 9 heteroatoms. The lowest BCUT2D eigenvalue weighted by Gasteiger charge is -2.10. The summed E-state index contributed by atoms with van der Waals surface area (Å²) in [6.07, 6.45) is 1.63. The van der Waals surface area contributed by atoms with E-state index in [1.807, 2.05) is 10.3 Å². The standard InChI is InChI=1S/C12H11ClFN3O3S/c1-17-7-3-5-9(17)12(18)15-16-21(19,20)10-6-2-4-8(13)11(10)14/h2-7,16H,1H3,(H,15,18). The summed E-state index contributed by atoms with van der Waals surface area (Å²) in [5, 5.41) is -0.327. The third-order valence-corrected chi connectivity index (χ3v) is 4.24. The number of aromatic nitrogens is 1. The fourth-order valence-corrected chi connectivity index (χ4v) is 2.79. The minimum absolute atomic E-state index is 0.240. The van der Waals surface area contributed by atoms with Crippen molar-refractivity contribution in [1.82, 2.24) is 14.8 Å². The van der Waals surface area contributed by atoms with E-state index in [-0.39, 0.29) is 10.7 Å². The molecular formula is C12H11ClFN3O3S. The number of carbonyl (C=O) groups excluding carboxylic acids is 1. The number of aryl methyl sites for hydroxylation is 1. The zero-order chi connectivity index (χ0) is 15.6. The van der Waals surface area contributed by atoms with Gasteiger partial charge in [-0.2, -0.15) is 0 Å². The van der Waals surface area contributed by atoms with Crippen molar-refractivity contribution >= 4 is 27.5 Å². The minimum atomic E-state index is -4.26. The maximum Gasteiger partial charge on any atom is 0.282 e. The molecule has 1 aromatic carbocycles. The van der Waals surface area contributed by atoms with Crippen LogP contribution in [0.5, 0.6) is 0 Å². The van der Waals surface area contributed by atoms with Crippen molar-refractivity contribution in [3.63, 3.8) is 0 Å². The van der Waals surface area contributed by atoms with Gasteiger partial charge in [-0.25, -0.2) is 12.8 Å². The van der Waals surface area contributed by atoms with Crippen LogP contribution in [0.1, 0.15) is 10.5 Å². The molecule has 2 N–H and O–H groups in total. The minimum Gasteiger partial charge on any atom is -0.347 e. The molecule has 0 bridgehead atoms. The summed E-state index contributed by atoms with van der Waals surface area (Å²) in [4.78, 5) is 12.9. The molecule has 6 nitrogen and oxygen atoms in total. The lowest BCUT2D eigenvalue weighted by molar-refractivity contribution is 0.0937. The highest BCUT2D eigenvalue weighted by atomic mass is 35.5. The van der Waals surface area contributed by atoms with E-state index in [0.717, 1.165) is 6.07 Å². The summed E-state index contributed by atoms with van der Waals surface area (Å²) in [5.41, 5.74) is 2.24. The molecule has 0 unspecified atom stereocenters. The van der Waals surface area contributed by atoms with E-state index >= 15 is 0 Å². The Morgan fingerprint density at radius 1 is 1.29 bits per heavy atom. The van der Waals surface area contributed by atoms with Crippen molar-refractivity contribution in [2.24, 2.45) is 7.05 Å². The van der Waals surface area contributed by atoms with Crippen molar-refractivity contribution in [2.75, 3.05) is 0 Å². The average Bonchev–Trinajstić information content (AvgIpc) is 2.85. The lowest BCUT2D eigenvalue weighted by atomic mass is 10.3. The number of sulfonamides is 1. The van der Waals surface area contributed by atoms with Crippen LogP contribution in [-0.4, -0.2) is 18.9 Å². The van der Waals surface area contributed by atoms with Crippen LogP contribution in [0.25, 0.3) is 0 Å². The van der Waals surface area contributed by atoms with Crippen molar-refractivity contribution in [1.29, 1.82) is 0 Å². The Morgan fingerprint density at radius 3 is 2.62 bits per heavy atom. The van der Waals surface area contributed by atoms with E-state index in [1.54, 1.807) is 19.3 Å². The van der Waals surface area contributed by atoms with Crippen molar-refractivity contribution < 1.29 is 17.6 Å². The molecular weight excluding hydrogens is 321 g/mol. The number of rotatable bonds is 4. The van der Waals surface area contributed by atoms with Crippen LogP contribution >= 0.6 is 11.6 Å². The number of hydrogen-bond donors (Lipinski definition) is 2. The number of nitrogens with one attached hydrogen (secondary N) is 2. The molecule has 0 radical (unpaired) electrons. The molecule has 1 aromatic heterocycles. The van der Waals surface area contributed by atoms with Gasteiger partial charge >= 0.3 is 0 Å². The van der Waals surface area contributed by atoms with E-state index < -0.39 is 26.6 Å². The molecule has 1 amide bonds. The van der Waals surface area contributed by atoms with Gasteiger partial charge in [-0.05, 0) is 24.3 Å². The molecule has 1 heterocycles. The molecule has 0 fully saturated rings. The number of benzene rings is 1. The topological polar surface area (TPSA) is 80.2 Å². The van der Waals surface area contributed by atoms with Crippen molar-refractivity contribution in [3.05, 3.63) is 53.1 Å². The summed E-state index contributed by atoms with van der Waals surface area (Å²) in [6, 6.07) is 6.68. The number of amides is 1. The quantitative estimate of drug-likeness (QED) is 0.832. The number of nitrogens with zero attached hydrogens (tertiary/aromatic N) is 1. The highest BCUT2D eigenvalue weighted by Crippen LogP contribution is 2.21. The summed E-state index contributed by atoms with van der Waals surface area (Å²) in [7, 11) is -2.64. The van der Waals surface area contributed by atoms with Crippen molar-refractivity contribution in [3.8, 4) is 0 Å². The summed E-state index contributed by atoms with van der Waals surface area (Å²) < 4.78 is 39.1. The first-order valence-electron chi connectivity index (χ1n) is 5.70. The Kier molecular flexibility index (Phi) is 4.31. The summed E-state index contributed by atoms with van der Waals surface area (Å²) in [5.74, 6) is -1.76. The van der Waals surface area contributed by atoms with Gasteiger partial charge in [0.15, 0.2) is 5.82 Å². The first-order valence-corrected chi connectivity index (χ1v) is 7.56. The van der Waals surface area contributed by atoms with E-state index in [4.69, 9.17) is 11.6 Å². The Bertz CT molecular complexity index is 789. The zero-order valence-corrected chi connectivity index (χ0v) is 12.4. The average molecular weight is 332 g/mol. The smallest absolute Gasteiger partial charge is 0.282 e. The van der Waals surface area contributed by atoms with Gasteiger partial charge in [0, 0.05) is 13.2 Å². The van der Waals surface area contributed by atoms with Gasteiger partial charge in [-0.1, -0.05) is 17.7 Å². The second kappa shape index (κ2) is 5.84. The first-order chi connectivity index (χ1) is 9.83. The SMILES string of the molecule is Cn1cccc1C(=O)NNS(=O)(=O)c1cccc(Cl)c1F. The van der Waals surface area contributed by atoms with Gasteiger partial charge in [0.1, 0.15) is 10.6 Å². The molecule has 2 rings (SSSR count). The predicted octanol–water partition coefficient (Wildman–Crippen LogP) is 1.44. The molecule has 112 valence electrons. The summed E-state index contributed by atoms with van der Waals surface area (Å²) in [6.45, 7) is 0. The van der Waals surface area contributed by atoms with Crippen LogP contribution in [0.3, 0.4) is 0 Å². The second-order valence-corrected chi connectivity index (χ2v) is 6.17. The van der Waals surface area contributed by atoms with Gasteiger partial charge in [0.25, 0.3) is 15.9 Å². The van der Waals surface area contributed by atoms with Gasteiger partial charge in [-0.15, -0.1) is 4.83 Å². The fraction of sp³-hybridized carbons (Fsp3) is 0.0833. The van der Waals surface area contributed by atoms with Crippen LogP contribution < -0.4 is 10.3 Å². The number of hydrazine groups is 1. The van der Waals surface area contributed by atoms with Crippen LogP contribution in [-0.2, 0) is 17.1 Å². The Labute approximate surface area is 125 Å². The number of carbonyl (C=O) groups is 1. The molecule has 0 aliphatic rings. The highest BCUT2D eigenvalue weighted by molar-refractivity contribution is 7.89. The monoisotopic (exact) mass is 331 g/mol. The number of halogens is 2. The molecule has 0 aliphatic heterocycles. The predicted molar refractivity (Wildman–Crippen MR) is 74.6 cm³/mol. The molecule has 21 heavy (non-hydrogen) atoms. The molecule has 0 saturated heterocycles. The van der Waals surface area contributed by atoms with E-state index in [1.165, 1.54) is 22.8 Å². The Morgan fingerprint density at radius 2 is 2.00 bits per heavy atom. The molecule has 0 saturated carbocycles. The normalized spacial score (nSPS) is 11.4. The molecule has 0 atom stereocenters. The second-order valence-electron chi connectivity index (χ2n) is 4.12. The maximum atomic E-state index is 13.7. The van der Waals surface area contributed by atoms with Gasteiger partial charge in [0.2, 0.25) is 0 Å². The lowest BCUT2D eigenvalue weighted by Crippen LogP contribution is -2.42. The van der Waals surface area contributed by atoms with Crippen molar-refractivity contribution in [2.45, 2.75) is 4.90 Å². The van der Waals surface area contributed by atoms with Crippen LogP contribution in [0.2, 0.25) is 5.02 Å². The Hall–Kier alpha value is -1.90. The number of hydrogen-bond acceptors (Lipinski definition) is 3. The molecule has 0 spiro atoms. The van der Waals surface area contributed by atoms with E-state index in [2.05, 4.69) is 0 Å². The Balaban J connectivity index is 2.17. The van der Waals surface area contributed by atoms with Gasteiger partial charge in [0.05, 0.1) is 5.02 Å². The van der Waals surface area contributed by atoms with Crippen LogP contribution in [0, 0.1) is 5.82 Å². The third-order valence-electron chi connectivity index (χ3n) is 2.68. The van der Waals surface area contributed by atoms with E-state index in [0.29, 0.717) is 0 Å². The summed E-state index contributed by atoms with van der Waals surface area (Å²) >= 11 is 5.53. The van der Waals surface area contributed by atoms with Gasteiger partial charge in [-0.3, -0.25) is 10.2 Å². The van der Waals surface area contributed by atoms with Crippen LogP contribution in [0.15, 0.2) is 41.4 Å². The maximum absolute atomic E-state index is 13.7. The molecule has 0 aliphatic carbocycles. The zero-order valence-electron chi connectivity index (χ0n) is 10.8. The first kappa shape index (κ1) is 15.5. The molecule has 2 aromatic rings. The third kappa shape index (κ3) is 3.23. The fourth-order valence-electron chi connectivity index (χ4n) is 1.62. The largest absolute Gasteiger partial charge is 0.347 e. The van der Waals surface area contributed by atoms with Gasteiger partial charge < -0.3 is 4.57 Å². The highest BCUT2D eigenvalue weighted by Gasteiger charge is 2.22. The van der Waals surface area contributed by atoms with E-state index in [9.17, 15) is 17.6 Å². The van der Waals surface area contributed by atoms with Crippen LogP contribution in [0.4, 0.5) is 4.39 Å².